The molecule has 0 unspecified atom stereocenters. The molecule has 0 aliphatic heterocycles. The molecular formula is C15H22FNO3S. The van der Waals surface area contributed by atoms with Crippen molar-refractivity contribution in [2.45, 2.75) is 37.1 Å². The number of benzene rings is 1. The molecular weight excluding hydrogens is 293 g/mol. The van der Waals surface area contributed by atoms with Crippen LogP contribution in [0.1, 0.15) is 24.8 Å². The Morgan fingerprint density at radius 3 is 2.67 bits per heavy atom. The van der Waals surface area contributed by atoms with E-state index in [0.29, 0.717) is 13.0 Å². The van der Waals surface area contributed by atoms with Gasteiger partial charge in [0.15, 0.2) is 21.4 Å². The summed E-state index contributed by atoms with van der Waals surface area (Å²) in [5.74, 6) is -0.175. The predicted molar refractivity (Wildman–Crippen MR) is 80.7 cm³/mol. The highest BCUT2D eigenvalue weighted by molar-refractivity contribution is 7.91. The van der Waals surface area contributed by atoms with E-state index >= 15 is 0 Å². The SMILES string of the molecule is COc1ccc(CN(C)[C@H]2CCC[C@@H]2S(C)(=O)=O)cc1F. The van der Waals surface area contributed by atoms with Crippen LogP contribution in [0.3, 0.4) is 0 Å². The molecule has 0 saturated heterocycles. The molecule has 1 fully saturated rings. The molecule has 118 valence electrons. The number of hydrogen-bond donors (Lipinski definition) is 0. The molecule has 0 spiro atoms. The van der Waals surface area contributed by atoms with Crippen LogP contribution in [0.2, 0.25) is 0 Å². The molecule has 2 atom stereocenters. The standard InChI is InChI=1S/C15H22FNO3S/c1-17(13-5-4-6-15(13)21(3,18)19)10-11-7-8-14(20-2)12(16)9-11/h7-9,13,15H,4-6,10H2,1-3H3/t13-,15-/m0/s1. The van der Waals surface area contributed by atoms with Crippen LogP contribution < -0.4 is 4.74 Å². The average Bonchev–Trinajstić information content (AvgIpc) is 2.88. The fourth-order valence-corrected chi connectivity index (χ4v) is 4.63. The molecule has 2 rings (SSSR count). The minimum absolute atomic E-state index is 0.00478. The molecule has 1 aromatic rings. The Balaban J connectivity index is 2.10. The molecule has 21 heavy (non-hydrogen) atoms. The summed E-state index contributed by atoms with van der Waals surface area (Å²) in [5.41, 5.74) is 0.815. The summed E-state index contributed by atoms with van der Waals surface area (Å²) in [6.45, 7) is 0.525. The summed E-state index contributed by atoms with van der Waals surface area (Å²) in [6.07, 6.45) is 3.80. The van der Waals surface area contributed by atoms with Gasteiger partial charge in [0.25, 0.3) is 0 Å². The Morgan fingerprint density at radius 1 is 1.38 bits per heavy atom. The molecule has 0 bridgehead atoms. The zero-order valence-corrected chi connectivity index (χ0v) is 13.5. The Hall–Kier alpha value is -1.14. The van der Waals surface area contributed by atoms with E-state index in [2.05, 4.69) is 0 Å². The molecule has 1 aliphatic carbocycles. The van der Waals surface area contributed by atoms with E-state index in [-0.39, 0.29) is 17.0 Å². The number of rotatable bonds is 5. The molecule has 1 aliphatic rings. The molecule has 1 aromatic carbocycles. The highest BCUT2D eigenvalue weighted by Crippen LogP contribution is 2.29. The third-order valence-corrected chi connectivity index (χ3v) is 5.83. The maximum absolute atomic E-state index is 13.7. The van der Waals surface area contributed by atoms with Crippen molar-refractivity contribution in [3.05, 3.63) is 29.6 Å². The van der Waals surface area contributed by atoms with Gasteiger partial charge in [0.1, 0.15) is 0 Å². The number of ether oxygens (including phenoxy) is 1. The van der Waals surface area contributed by atoms with Crippen LogP contribution in [0.5, 0.6) is 5.75 Å². The van der Waals surface area contributed by atoms with E-state index in [0.717, 1.165) is 18.4 Å². The summed E-state index contributed by atoms with van der Waals surface area (Å²) < 4.78 is 42.3. The lowest BCUT2D eigenvalue weighted by molar-refractivity contribution is 0.238. The van der Waals surface area contributed by atoms with Crippen LogP contribution in [0.4, 0.5) is 4.39 Å². The second-order valence-corrected chi connectivity index (χ2v) is 8.01. The normalized spacial score (nSPS) is 22.7. The Bertz CT molecular complexity index is 603. The predicted octanol–water partition coefficient (Wildman–Crippen LogP) is 2.23. The average molecular weight is 315 g/mol. The van der Waals surface area contributed by atoms with Crippen LogP contribution in [0.15, 0.2) is 18.2 Å². The maximum Gasteiger partial charge on any atom is 0.165 e. The zero-order chi connectivity index (χ0) is 15.6. The summed E-state index contributed by atoms with van der Waals surface area (Å²) in [6, 6.07) is 4.86. The van der Waals surface area contributed by atoms with Crippen molar-refractivity contribution in [1.29, 1.82) is 0 Å². The van der Waals surface area contributed by atoms with Crippen LogP contribution in [-0.2, 0) is 16.4 Å². The first-order valence-electron chi connectivity index (χ1n) is 7.04. The molecule has 0 heterocycles. The summed E-state index contributed by atoms with van der Waals surface area (Å²) in [4.78, 5) is 2.01. The van der Waals surface area contributed by atoms with Gasteiger partial charge in [-0.15, -0.1) is 0 Å². The van der Waals surface area contributed by atoms with Crippen molar-refractivity contribution in [2.24, 2.45) is 0 Å². The van der Waals surface area contributed by atoms with Gasteiger partial charge in [-0.2, -0.15) is 0 Å². The van der Waals surface area contributed by atoms with Crippen LogP contribution in [-0.4, -0.2) is 45.0 Å². The monoisotopic (exact) mass is 315 g/mol. The Kier molecular flexibility index (Phi) is 4.88. The van der Waals surface area contributed by atoms with E-state index in [1.165, 1.54) is 19.4 Å². The molecule has 1 saturated carbocycles. The van der Waals surface area contributed by atoms with Crippen molar-refractivity contribution in [3.8, 4) is 5.75 Å². The van der Waals surface area contributed by atoms with Crippen LogP contribution in [0.25, 0.3) is 0 Å². The van der Waals surface area contributed by atoms with Gasteiger partial charge in [-0.1, -0.05) is 12.5 Å². The largest absolute Gasteiger partial charge is 0.494 e. The minimum Gasteiger partial charge on any atom is -0.494 e. The molecule has 4 nitrogen and oxygen atoms in total. The lowest BCUT2D eigenvalue weighted by Crippen LogP contribution is -2.40. The van der Waals surface area contributed by atoms with Crippen molar-refractivity contribution < 1.29 is 17.5 Å². The first-order valence-corrected chi connectivity index (χ1v) is 9.00. The lowest BCUT2D eigenvalue weighted by atomic mass is 10.1. The Labute approximate surface area is 125 Å². The Morgan fingerprint density at radius 2 is 2.10 bits per heavy atom. The second-order valence-electron chi connectivity index (χ2n) is 5.75. The highest BCUT2D eigenvalue weighted by Gasteiger charge is 2.37. The van der Waals surface area contributed by atoms with Crippen molar-refractivity contribution in [1.82, 2.24) is 4.90 Å². The summed E-state index contributed by atoms with van der Waals surface area (Å²) >= 11 is 0. The molecule has 6 heteroatoms. The van der Waals surface area contributed by atoms with Gasteiger partial charge < -0.3 is 4.74 Å². The highest BCUT2D eigenvalue weighted by atomic mass is 32.2. The quantitative estimate of drug-likeness (QED) is 0.836. The molecule has 0 aromatic heterocycles. The fraction of sp³-hybridized carbons (Fsp3) is 0.600. The van der Waals surface area contributed by atoms with Crippen molar-refractivity contribution >= 4 is 9.84 Å². The van der Waals surface area contributed by atoms with Crippen LogP contribution >= 0.6 is 0 Å². The third-order valence-electron chi connectivity index (χ3n) is 4.18. The van der Waals surface area contributed by atoms with Crippen molar-refractivity contribution in [3.63, 3.8) is 0 Å². The van der Waals surface area contributed by atoms with E-state index in [1.54, 1.807) is 6.07 Å². The van der Waals surface area contributed by atoms with Gasteiger partial charge >= 0.3 is 0 Å². The third kappa shape index (κ3) is 3.74. The number of nitrogens with zero attached hydrogens (tertiary/aromatic N) is 1. The van der Waals surface area contributed by atoms with E-state index in [1.807, 2.05) is 18.0 Å². The van der Waals surface area contributed by atoms with Gasteiger partial charge in [-0.3, -0.25) is 4.90 Å². The minimum atomic E-state index is -3.04. The number of hydrogen-bond acceptors (Lipinski definition) is 4. The number of halogens is 1. The van der Waals surface area contributed by atoms with E-state index in [9.17, 15) is 12.8 Å². The van der Waals surface area contributed by atoms with Gasteiger partial charge in [0.05, 0.1) is 12.4 Å². The lowest BCUT2D eigenvalue weighted by Gasteiger charge is -2.28. The second kappa shape index (κ2) is 6.32. The zero-order valence-electron chi connectivity index (χ0n) is 12.7. The maximum atomic E-state index is 13.7. The van der Waals surface area contributed by atoms with Crippen molar-refractivity contribution in [2.75, 3.05) is 20.4 Å². The molecule has 0 radical (unpaired) electrons. The van der Waals surface area contributed by atoms with Gasteiger partial charge in [0, 0.05) is 18.8 Å². The van der Waals surface area contributed by atoms with Crippen LogP contribution in [0, 0.1) is 5.82 Å². The number of methoxy groups -OCH3 is 1. The van der Waals surface area contributed by atoms with Gasteiger partial charge in [-0.05, 0) is 37.6 Å². The fourth-order valence-electron chi connectivity index (χ4n) is 3.12. The summed E-state index contributed by atoms with van der Waals surface area (Å²) in [7, 11) is 0.286. The summed E-state index contributed by atoms with van der Waals surface area (Å²) in [5, 5.41) is -0.314. The molecule has 0 amide bonds. The smallest absolute Gasteiger partial charge is 0.165 e. The first-order chi connectivity index (χ1) is 9.82. The van der Waals surface area contributed by atoms with Gasteiger partial charge in [-0.25, -0.2) is 12.8 Å². The van der Waals surface area contributed by atoms with E-state index < -0.39 is 15.7 Å². The number of sulfone groups is 1. The van der Waals surface area contributed by atoms with E-state index in [4.69, 9.17) is 4.74 Å². The molecule has 0 N–H and O–H groups in total. The topological polar surface area (TPSA) is 46.6 Å². The first kappa shape index (κ1) is 16.2. The van der Waals surface area contributed by atoms with Gasteiger partial charge in [0.2, 0.25) is 0 Å².